The Hall–Kier alpha value is -5.13. The first-order valence-electron chi connectivity index (χ1n) is 13.5. The molecule has 0 fully saturated rings. The number of non-ortho nitro benzene ring substituents is 1. The largest absolute Gasteiger partial charge is 0.496 e. The molecule has 2 N–H and O–H groups in total. The molecule has 0 radical (unpaired) electrons. The van der Waals surface area contributed by atoms with E-state index in [1.165, 1.54) is 36.9 Å². The second kappa shape index (κ2) is 12.2. The lowest BCUT2D eigenvalue weighted by Crippen LogP contribution is -2.38. The summed E-state index contributed by atoms with van der Waals surface area (Å²) in [6.07, 6.45) is -0.195. The van der Waals surface area contributed by atoms with Gasteiger partial charge in [-0.25, -0.2) is 9.59 Å². The third-order valence-electron chi connectivity index (χ3n) is 7.50. The number of nitro groups is 1. The van der Waals surface area contributed by atoms with Crippen LogP contribution in [0.25, 0.3) is 16.7 Å². The van der Waals surface area contributed by atoms with Crippen molar-refractivity contribution in [1.82, 2.24) is 14.0 Å². The minimum atomic E-state index is -0.894. The summed E-state index contributed by atoms with van der Waals surface area (Å²) in [6, 6.07) is 14.5. The number of urea groups is 1. The number of nitrogens with two attached hydrogens (primary N) is 1. The number of methoxy groups -OCH3 is 1. The molecule has 4 rings (SSSR count). The van der Waals surface area contributed by atoms with Crippen molar-refractivity contribution in [2.24, 2.45) is 5.73 Å². The van der Waals surface area contributed by atoms with Gasteiger partial charge in [-0.1, -0.05) is 6.07 Å². The number of anilines is 1. The molecule has 0 aliphatic heterocycles. The normalized spacial score (nSPS) is 11.0. The Kier molecular flexibility index (Phi) is 8.65. The van der Waals surface area contributed by atoms with Gasteiger partial charge in [-0.15, -0.1) is 0 Å². The van der Waals surface area contributed by atoms with Gasteiger partial charge < -0.3 is 15.4 Å². The lowest BCUT2D eigenvalue weighted by atomic mass is 10.0. The van der Waals surface area contributed by atoms with Gasteiger partial charge in [0.15, 0.2) is 0 Å². The number of imidazole rings is 1. The Labute approximate surface area is 242 Å². The summed E-state index contributed by atoms with van der Waals surface area (Å²) >= 11 is 0. The molecule has 0 aliphatic carbocycles. The minimum absolute atomic E-state index is 0.0684. The molecule has 0 saturated heterocycles. The van der Waals surface area contributed by atoms with Crippen LogP contribution in [0.1, 0.15) is 30.5 Å². The summed E-state index contributed by atoms with van der Waals surface area (Å²) in [6.45, 7) is 7.54. The van der Waals surface area contributed by atoms with Crippen molar-refractivity contribution >= 4 is 34.3 Å². The first-order valence-corrected chi connectivity index (χ1v) is 13.5. The minimum Gasteiger partial charge on any atom is -0.496 e. The molecule has 1 aromatic heterocycles. The number of likely N-dealkylation sites (N-methyl/N-ethyl adjacent to an activating group) is 1. The van der Waals surface area contributed by atoms with Crippen LogP contribution in [0.4, 0.5) is 16.2 Å². The van der Waals surface area contributed by atoms with Crippen molar-refractivity contribution < 1.29 is 19.2 Å². The number of rotatable bonds is 10. The van der Waals surface area contributed by atoms with Gasteiger partial charge in [0.25, 0.3) is 5.69 Å². The highest BCUT2D eigenvalue weighted by Gasteiger charge is 2.24. The molecule has 1 heterocycles. The van der Waals surface area contributed by atoms with Crippen LogP contribution in [0.15, 0.2) is 59.4 Å². The number of aryl methyl sites for hydroxylation is 1. The van der Waals surface area contributed by atoms with Crippen molar-refractivity contribution in [2.75, 3.05) is 32.1 Å². The van der Waals surface area contributed by atoms with Crippen molar-refractivity contribution in [3.05, 3.63) is 91.9 Å². The molecule has 42 heavy (non-hydrogen) atoms. The van der Waals surface area contributed by atoms with E-state index in [2.05, 4.69) is 18.7 Å². The number of carbonyl (C=O) groups excluding carboxylic acids is 2. The number of ether oxygens (including phenoxy) is 1. The molecule has 0 spiro atoms. The molecule has 4 aromatic rings. The van der Waals surface area contributed by atoms with Crippen molar-refractivity contribution in [3.63, 3.8) is 0 Å². The highest BCUT2D eigenvalue weighted by molar-refractivity contribution is 5.96. The smallest absolute Gasteiger partial charge is 0.334 e. The zero-order valence-corrected chi connectivity index (χ0v) is 24.3. The van der Waals surface area contributed by atoms with Crippen LogP contribution in [0.2, 0.25) is 0 Å². The summed E-state index contributed by atoms with van der Waals surface area (Å²) in [5.74, 6) is -0.169. The quantitative estimate of drug-likeness (QED) is 0.223. The van der Waals surface area contributed by atoms with Gasteiger partial charge in [-0.3, -0.25) is 28.9 Å². The van der Waals surface area contributed by atoms with E-state index >= 15 is 0 Å². The van der Waals surface area contributed by atoms with Crippen LogP contribution in [0, 0.1) is 17.0 Å². The topological polar surface area (TPSA) is 146 Å². The zero-order chi connectivity index (χ0) is 30.7. The molecular weight excluding hydrogens is 540 g/mol. The van der Waals surface area contributed by atoms with E-state index in [-0.39, 0.29) is 18.7 Å². The predicted molar refractivity (Wildman–Crippen MR) is 161 cm³/mol. The van der Waals surface area contributed by atoms with E-state index in [4.69, 9.17) is 10.5 Å². The lowest BCUT2D eigenvalue weighted by Gasteiger charge is -2.21. The van der Waals surface area contributed by atoms with Crippen LogP contribution in [0.5, 0.6) is 5.75 Å². The maximum atomic E-state index is 14.2. The molecule has 0 saturated carbocycles. The number of nitro benzene ring substituents is 1. The van der Waals surface area contributed by atoms with Gasteiger partial charge in [0.05, 0.1) is 41.7 Å². The fourth-order valence-corrected chi connectivity index (χ4v) is 5.11. The van der Waals surface area contributed by atoms with E-state index in [1.54, 1.807) is 10.6 Å². The Bertz CT molecular complexity index is 1720. The average molecular weight is 575 g/mol. The fourth-order valence-electron chi connectivity index (χ4n) is 5.11. The molecule has 0 atom stereocenters. The van der Waals surface area contributed by atoms with Gasteiger partial charge in [0.2, 0.25) is 5.91 Å². The maximum Gasteiger partial charge on any atom is 0.334 e. The first kappa shape index (κ1) is 29.8. The lowest BCUT2D eigenvalue weighted by molar-refractivity contribution is -0.384. The summed E-state index contributed by atoms with van der Waals surface area (Å²) in [7, 11) is 2.74. The van der Waals surface area contributed by atoms with Gasteiger partial charge >= 0.3 is 11.7 Å². The molecule has 12 heteroatoms. The van der Waals surface area contributed by atoms with E-state index in [1.807, 2.05) is 37.3 Å². The standard InChI is InChI=1S/C30H34N6O6/c1-6-33(7-2)21-9-11-22(12-10-21)35-25-14-8-19(3)24(17-27(37)32(4)29(31)38)28(25)34(30(35)39)18-20-16-23(36(40)41)13-15-26(20)42-5/h8-16H,6-7,17-18H2,1-5H3,(H2,31,38). The molecule has 0 aliphatic rings. The van der Waals surface area contributed by atoms with Crippen LogP contribution in [-0.4, -0.2) is 58.1 Å². The van der Waals surface area contributed by atoms with E-state index in [9.17, 15) is 24.5 Å². The van der Waals surface area contributed by atoms with Gasteiger partial charge in [-0.05, 0) is 68.3 Å². The number of carbonyl (C=O) groups is 2. The molecule has 3 aromatic carbocycles. The van der Waals surface area contributed by atoms with Crippen LogP contribution >= 0.6 is 0 Å². The highest BCUT2D eigenvalue weighted by Crippen LogP contribution is 2.30. The predicted octanol–water partition coefficient (Wildman–Crippen LogP) is 3.99. The zero-order valence-electron chi connectivity index (χ0n) is 24.3. The summed E-state index contributed by atoms with van der Waals surface area (Å²) in [5, 5.41) is 11.5. The van der Waals surface area contributed by atoms with Crippen molar-refractivity contribution in [3.8, 4) is 11.4 Å². The fraction of sp³-hybridized carbons (Fsp3) is 0.300. The third kappa shape index (κ3) is 5.55. The summed E-state index contributed by atoms with van der Waals surface area (Å²) < 4.78 is 8.50. The highest BCUT2D eigenvalue weighted by atomic mass is 16.6. The van der Waals surface area contributed by atoms with Crippen LogP contribution in [-0.2, 0) is 17.8 Å². The number of benzene rings is 3. The molecule has 0 unspecified atom stereocenters. The Morgan fingerprint density at radius 3 is 2.29 bits per heavy atom. The number of fused-ring (bicyclic) bond motifs is 1. The molecular formula is C30H34N6O6. The van der Waals surface area contributed by atoms with Gasteiger partial charge in [0.1, 0.15) is 5.75 Å². The first-order chi connectivity index (χ1) is 20.0. The summed E-state index contributed by atoms with van der Waals surface area (Å²) in [4.78, 5) is 52.9. The average Bonchev–Trinajstić information content (AvgIpc) is 3.25. The van der Waals surface area contributed by atoms with Gasteiger partial charge in [-0.2, -0.15) is 0 Å². The number of hydrogen-bond donors (Lipinski definition) is 1. The maximum absolute atomic E-state index is 14.2. The number of primary amides is 1. The summed E-state index contributed by atoms with van der Waals surface area (Å²) in [5.41, 5.74) is 9.08. The SMILES string of the molecule is CCN(CC)c1ccc(-n2c(=O)n(Cc3cc([N+](=O)[O-])ccc3OC)c3c(CC(=O)N(C)C(N)=O)c(C)ccc32)cc1. The molecule has 3 amide bonds. The molecule has 220 valence electrons. The second-order valence-electron chi connectivity index (χ2n) is 9.84. The monoisotopic (exact) mass is 574 g/mol. The number of nitrogens with zero attached hydrogens (tertiary/aromatic N) is 5. The second-order valence-corrected chi connectivity index (χ2v) is 9.84. The molecule has 12 nitrogen and oxygen atoms in total. The Morgan fingerprint density at radius 1 is 1.05 bits per heavy atom. The number of imide groups is 1. The number of aromatic nitrogens is 2. The van der Waals surface area contributed by atoms with Crippen LogP contribution < -0.4 is 21.1 Å². The van der Waals surface area contributed by atoms with Crippen molar-refractivity contribution in [1.29, 1.82) is 0 Å². The Morgan fingerprint density at radius 2 is 1.71 bits per heavy atom. The van der Waals surface area contributed by atoms with E-state index < -0.39 is 22.6 Å². The van der Waals surface area contributed by atoms with E-state index in [0.717, 1.165) is 29.2 Å². The van der Waals surface area contributed by atoms with Crippen LogP contribution in [0.3, 0.4) is 0 Å². The number of hydrogen-bond acceptors (Lipinski definition) is 7. The van der Waals surface area contributed by atoms with E-state index in [0.29, 0.717) is 33.6 Å². The van der Waals surface area contributed by atoms with Gasteiger partial charge in [0, 0.05) is 43.5 Å². The Balaban J connectivity index is 1.99. The third-order valence-corrected chi connectivity index (χ3v) is 7.50. The molecule has 0 bridgehead atoms. The number of amides is 3. The van der Waals surface area contributed by atoms with Crippen molar-refractivity contribution in [2.45, 2.75) is 33.7 Å².